The van der Waals surface area contributed by atoms with Gasteiger partial charge in [-0.25, -0.2) is 4.79 Å². The molecule has 3 N–H and O–H groups in total. The SMILES string of the molecule is CC(=O)NC(CNC1CCN2CCCC2C1)C(=O)O. The van der Waals surface area contributed by atoms with Crippen LogP contribution < -0.4 is 10.6 Å². The van der Waals surface area contributed by atoms with Crippen molar-refractivity contribution in [3.8, 4) is 0 Å². The second-order valence-corrected chi connectivity index (χ2v) is 5.55. The van der Waals surface area contributed by atoms with E-state index in [0.29, 0.717) is 18.6 Å². The Bertz CT molecular complexity index is 348. The molecule has 2 aliphatic heterocycles. The molecule has 0 aliphatic carbocycles. The average molecular weight is 269 g/mol. The van der Waals surface area contributed by atoms with Crippen LogP contribution >= 0.6 is 0 Å². The number of nitrogens with one attached hydrogen (secondary N) is 2. The molecule has 2 heterocycles. The first-order chi connectivity index (χ1) is 9.06. The zero-order valence-electron chi connectivity index (χ0n) is 11.4. The van der Waals surface area contributed by atoms with Crippen LogP contribution in [0.2, 0.25) is 0 Å². The van der Waals surface area contributed by atoms with Crippen LogP contribution in [0.15, 0.2) is 0 Å². The maximum absolute atomic E-state index is 11.0. The first-order valence-electron chi connectivity index (χ1n) is 7.03. The van der Waals surface area contributed by atoms with Crippen molar-refractivity contribution >= 4 is 11.9 Å². The molecule has 1 amide bonds. The van der Waals surface area contributed by atoms with E-state index in [1.54, 1.807) is 0 Å². The quantitative estimate of drug-likeness (QED) is 0.643. The minimum Gasteiger partial charge on any atom is -0.480 e. The molecule has 0 aromatic carbocycles. The lowest BCUT2D eigenvalue weighted by atomic mass is 9.97. The van der Waals surface area contributed by atoms with Crippen molar-refractivity contribution < 1.29 is 14.7 Å². The van der Waals surface area contributed by atoms with Crippen molar-refractivity contribution in [1.82, 2.24) is 15.5 Å². The van der Waals surface area contributed by atoms with Gasteiger partial charge in [0.25, 0.3) is 0 Å². The molecule has 108 valence electrons. The normalized spacial score (nSPS) is 28.7. The number of carbonyl (C=O) groups excluding carboxylic acids is 1. The van der Waals surface area contributed by atoms with Crippen molar-refractivity contribution in [3.63, 3.8) is 0 Å². The molecule has 3 atom stereocenters. The number of carbonyl (C=O) groups is 2. The molecule has 2 rings (SSSR count). The summed E-state index contributed by atoms with van der Waals surface area (Å²) in [5.74, 6) is -1.29. The van der Waals surface area contributed by atoms with Gasteiger partial charge in [0.1, 0.15) is 6.04 Å². The van der Waals surface area contributed by atoms with Crippen LogP contribution in [0.4, 0.5) is 0 Å². The van der Waals surface area contributed by atoms with Gasteiger partial charge in [-0.3, -0.25) is 4.79 Å². The average Bonchev–Trinajstić information content (AvgIpc) is 2.80. The summed E-state index contributed by atoms with van der Waals surface area (Å²) in [4.78, 5) is 24.5. The fourth-order valence-corrected chi connectivity index (χ4v) is 3.14. The maximum Gasteiger partial charge on any atom is 0.327 e. The van der Waals surface area contributed by atoms with Gasteiger partial charge in [-0.15, -0.1) is 0 Å². The summed E-state index contributed by atoms with van der Waals surface area (Å²) in [6.07, 6.45) is 4.68. The largest absolute Gasteiger partial charge is 0.480 e. The molecule has 0 aromatic heterocycles. The fraction of sp³-hybridized carbons (Fsp3) is 0.846. The van der Waals surface area contributed by atoms with Crippen molar-refractivity contribution in [3.05, 3.63) is 0 Å². The zero-order valence-corrected chi connectivity index (χ0v) is 11.4. The van der Waals surface area contributed by atoms with Gasteiger partial charge in [0.15, 0.2) is 0 Å². The van der Waals surface area contributed by atoms with Crippen LogP contribution in [-0.2, 0) is 9.59 Å². The summed E-state index contributed by atoms with van der Waals surface area (Å²) in [6.45, 7) is 3.94. The smallest absolute Gasteiger partial charge is 0.327 e. The van der Waals surface area contributed by atoms with Crippen LogP contribution in [-0.4, -0.2) is 59.6 Å². The summed E-state index contributed by atoms with van der Waals surface area (Å²) in [5.41, 5.74) is 0. The highest BCUT2D eigenvalue weighted by atomic mass is 16.4. The van der Waals surface area contributed by atoms with E-state index in [9.17, 15) is 9.59 Å². The lowest BCUT2D eigenvalue weighted by molar-refractivity contribution is -0.141. The molecule has 6 heteroatoms. The molecule has 2 aliphatic rings. The Hall–Kier alpha value is -1.14. The van der Waals surface area contributed by atoms with Gasteiger partial charge in [-0.1, -0.05) is 0 Å². The van der Waals surface area contributed by atoms with Crippen molar-refractivity contribution in [2.75, 3.05) is 19.6 Å². The number of aliphatic carboxylic acids is 1. The van der Waals surface area contributed by atoms with Crippen LogP contribution in [0.25, 0.3) is 0 Å². The van der Waals surface area contributed by atoms with E-state index in [2.05, 4.69) is 15.5 Å². The molecule has 0 bridgehead atoms. The van der Waals surface area contributed by atoms with E-state index >= 15 is 0 Å². The molecular weight excluding hydrogens is 246 g/mol. The monoisotopic (exact) mass is 269 g/mol. The van der Waals surface area contributed by atoms with Crippen LogP contribution in [0.3, 0.4) is 0 Å². The minimum absolute atomic E-state index is 0.298. The van der Waals surface area contributed by atoms with Gasteiger partial charge in [0.05, 0.1) is 0 Å². The summed E-state index contributed by atoms with van der Waals surface area (Å²) in [5, 5.41) is 14.8. The molecule has 2 fully saturated rings. The number of hydrogen-bond donors (Lipinski definition) is 3. The number of nitrogens with zero attached hydrogens (tertiary/aromatic N) is 1. The number of carboxylic acid groups (broad SMARTS) is 1. The lowest BCUT2D eigenvalue weighted by Crippen LogP contribution is -2.52. The number of carboxylic acids is 1. The standard InChI is InChI=1S/C13H23N3O3/c1-9(17)15-12(13(18)19)8-14-10-4-6-16-5-2-3-11(16)7-10/h10-12,14H,2-8H2,1H3,(H,15,17)(H,18,19). The Morgan fingerprint density at radius 1 is 1.37 bits per heavy atom. The maximum atomic E-state index is 11.0. The summed E-state index contributed by atoms with van der Waals surface area (Å²) in [6, 6.07) is 0.198. The molecule has 6 nitrogen and oxygen atoms in total. The van der Waals surface area contributed by atoms with Crippen LogP contribution in [0.5, 0.6) is 0 Å². The van der Waals surface area contributed by atoms with Crippen molar-refractivity contribution in [2.24, 2.45) is 0 Å². The van der Waals surface area contributed by atoms with Crippen molar-refractivity contribution in [1.29, 1.82) is 0 Å². The Morgan fingerprint density at radius 3 is 2.84 bits per heavy atom. The lowest BCUT2D eigenvalue weighted by Gasteiger charge is -2.35. The molecular formula is C13H23N3O3. The third-order valence-electron chi connectivity index (χ3n) is 4.11. The highest BCUT2D eigenvalue weighted by Crippen LogP contribution is 2.26. The molecule has 0 spiro atoms. The Morgan fingerprint density at radius 2 is 2.16 bits per heavy atom. The number of hydrogen-bond acceptors (Lipinski definition) is 4. The molecule has 3 unspecified atom stereocenters. The molecule has 19 heavy (non-hydrogen) atoms. The summed E-state index contributed by atoms with van der Waals surface area (Å²) >= 11 is 0. The van der Waals surface area contributed by atoms with Gasteiger partial charge in [0, 0.05) is 25.6 Å². The second kappa shape index (κ2) is 6.34. The highest BCUT2D eigenvalue weighted by Gasteiger charge is 2.32. The first kappa shape index (κ1) is 14.3. The van der Waals surface area contributed by atoms with Gasteiger partial charge in [0.2, 0.25) is 5.91 Å². The Labute approximate surface area is 113 Å². The van der Waals surface area contributed by atoms with E-state index < -0.39 is 12.0 Å². The predicted octanol–water partition coefficient (Wildman–Crippen LogP) is -0.208. The fourth-order valence-electron chi connectivity index (χ4n) is 3.14. The van der Waals surface area contributed by atoms with Gasteiger partial charge >= 0.3 is 5.97 Å². The molecule has 0 saturated carbocycles. The number of amides is 1. The Balaban J connectivity index is 1.77. The van der Waals surface area contributed by atoms with E-state index in [4.69, 9.17) is 5.11 Å². The molecule has 2 saturated heterocycles. The second-order valence-electron chi connectivity index (χ2n) is 5.55. The zero-order chi connectivity index (χ0) is 13.8. The third-order valence-corrected chi connectivity index (χ3v) is 4.11. The van der Waals surface area contributed by atoms with E-state index in [1.807, 2.05) is 0 Å². The van der Waals surface area contributed by atoms with E-state index in [0.717, 1.165) is 19.4 Å². The third kappa shape index (κ3) is 3.91. The van der Waals surface area contributed by atoms with Crippen LogP contribution in [0.1, 0.15) is 32.6 Å². The topological polar surface area (TPSA) is 81.7 Å². The van der Waals surface area contributed by atoms with Crippen LogP contribution in [0, 0.1) is 0 Å². The van der Waals surface area contributed by atoms with Gasteiger partial charge in [-0.2, -0.15) is 0 Å². The van der Waals surface area contributed by atoms with Crippen molar-refractivity contribution in [2.45, 2.75) is 50.7 Å². The minimum atomic E-state index is -0.985. The molecule has 0 radical (unpaired) electrons. The molecule has 0 aromatic rings. The first-order valence-corrected chi connectivity index (χ1v) is 7.03. The number of piperidine rings is 1. The highest BCUT2D eigenvalue weighted by molar-refractivity contribution is 5.82. The Kier molecular flexibility index (Phi) is 4.76. The van der Waals surface area contributed by atoms with Gasteiger partial charge in [-0.05, 0) is 38.8 Å². The number of fused-ring (bicyclic) bond motifs is 1. The number of rotatable bonds is 5. The van der Waals surface area contributed by atoms with E-state index in [1.165, 1.54) is 26.3 Å². The summed E-state index contributed by atoms with van der Waals surface area (Å²) in [7, 11) is 0. The predicted molar refractivity (Wildman–Crippen MR) is 70.9 cm³/mol. The van der Waals surface area contributed by atoms with Gasteiger partial charge < -0.3 is 20.6 Å². The summed E-state index contributed by atoms with van der Waals surface area (Å²) < 4.78 is 0. The van der Waals surface area contributed by atoms with E-state index in [-0.39, 0.29) is 5.91 Å².